The first-order valence-corrected chi connectivity index (χ1v) is 9.78. The highest BCUT2D eigenvalue weighted by Gasteiger charge is 2.53. The molecule has 0 bridgehead atoms. The predicted molar refractivity (Wildman–Crippen MR) is 92.6 cm³/mol. The van der Waals surface area contributed by atoms with Gasteiger partial charge in [-0.15, -0.1) is 0 Å². The van der Waals surface area contributed by atoms with Crippen molar-refractivity contribution in [2.75, 3.05) is 7.11 Å². The number of ether oxygens (including phenoxy) is 2. The van der Waals surface area contributed by atoms with Gasteiger partial charge in [0.25, 0.3) is 10.1 Å². The van der Waals surface area contributed by atoms with E-state index in [1.165, 1.54) is 26.2 Å². The number of carbonyl (C=O) groups is 2. The Labute approximate surface area is 153 Å². The van der Waals surface area contributed by atoms with Crippen LogP contribution in [0.25, 0.3) is 0 Å². The number of esters is 2. The lowest BCUT2D eigenvalue weighted by atomic mass is 9.71. The minimum atomic E-state index is -4.21. The van der Waals surface area contributed by atoms with Gasteiger partial charge in [-0.3, -0.25) is 4.79 Å². The van der Waals surface area contributed by atoms with Crippen LogP contribution in [0.4, 0.5) is 0 Å². The standard InChI is InChI=1S/C18H24O7S/c1-12-10-18(17(20)23-4,11-16(13(12)2)24-14(3)19)25-26(21,22)15-8-6-5-7-9-15/h5-9,12-13,16H,10-11H2,1-4H3/t12-,13+,16+,18-/m0/s1. The lowest BCUT2D eigenvalue weighted by Gasteiger charge is -2.43. The molecule has 1 aromatic carbocycles. The van der Waals surface area contributed by atoms with E-state index in [4.69, 9.17) is 13.7 Å². The van der Waals surface area contributed by atoms with Crippen LogP contribution < -0.4 is 0 Å². The SMILES string of the molecule is COC(=O)[C@]1(OS(=O)(=O)c2ccccc2)C[C@H](C)[C@@H](C)[C@H](OC(C)=O)C1. The smallest absolute Gasteiger partial charge is 0.339 e. The molecular formula is C18H24O7S. The normalized spacial score (nSPS) is 29.0. The Balaban J connectivity index is 2.42. The van der Waals surface area contributed by atoms with Gasteiger partial charge >= 0.3 is 11.9 Å². The van der Waals surface area contributed by atoms with Gasteiger partial charge in [0.15, 0.2) is 5.60 Å². The minimum absolute atomic E-state index is 0.0558. The van der Waals surface area contributed by atoms with Crippen molar-refractivity contribution in [1.82, 2.24) is 0 Å². The summed E-state index contributed by atoms with van der Waals surface area (Å²) in [4.78, 5) is 23.9. The number of carbonyl (C=O) groups excluding carboxylic acids is 2. The van der Waals surface area contributed by atoms with E-state index in [2.05, 4.69) is 0 Å². The molecule has 0 saturated heterocycles. The number of hydrogen-bond acceptors (Lipinski definition) is 7. The van der Waals surface area contributed by atoms with Gasteiger partial charge in [0.2, 0.25) is 0 Å². The minimum Gasteiger partial charge on any atom is -0.467 e. The van der Waals surface area contributed by atoms with Crippen LogP contribution in [0.1, 0.15) is 33.6 Å². The third-order valence-corrected chi connectivity index (χ3v) is 6.23. The summed E-state index contributed by atoms with van der Waals surface area (Å²) in [6.45, 7) is 5.02. The van der Waals surface area contributed by atoms with Crippen molar-refractivity contribution < 1.29 is 31.7 Å². The number of rotatable bonds is 5. The van der Waals surface area contributed by atoms with Crippen molar-refractivity contribution in [1.29, 1.82) is 0 Å². The van der Waals surface area contributed by atoms with Crippen LogP contribution in [0.5, 0.6) is 0 Å². The van der Waals surface area contributed by atoms with Gasteiger partial charge in [-0.05, 0) is 30.4 Å². The first kappa shape index (κ1) is 20.4. The van der Waals surface area contributed by atoms with Gasteiger partial charge in [-0.2, -0.15) is 8.42 Å². The first-order valence-electron chi connectivity index (χ1n) is 8.37. The summed E-state index contributed by atoms with van der Waals surface area (Å²) in [6.07, 6.45) is -0.595. The summed E-state index contributed by atoms with van der Waals surface area (Å²) in [6, 6.07) is 7.58. The molecule has 4 atom stereocenters. The van der Waals surface area contributed by atoms with Gasteiger partial charge in [-0.1, -0.05) is 32.0 Å². The Hall–Kier alpha value is -1.93. The molecule has 0 aromatic heterocycles. The predicted octanol–water partition coefficient (Wildman–Crippen LogP) is 2.30. The second kappa shape index (κ2) is 7.75. The highest BCUT2D eigenvalue weighted by Crippen LogP contribution is 2.42. The zero-order chi connectivity index (χ0) is 19.5. The molecule has 0 aliphatic heterocycles. The van der Waals surface area contributed by atoms with Crippen LogP contribution in [-0.2, 0) is 33.4 Å². The van der Waals surface area contributed by atoms with Gasteiger partial charge in [0.1, 0.15) is 6.10 Å². The Bertz CT molecular complexity index is 759. The average Bonchev–Trinajstić information content (AvgIpc) is 2.58. The topological polar surface area (TPSA) is 96.0 Å². The molecule has 1 aliphatic carbocycles. The fraction of sp³-hybridized carbons (Fsp3) is 0.556. The second-order valence-electron chi connectivity index (χ2n) is 6.73. The van der Waals surface area contributed by atoms with Gasteiger partial charge < -0.3 is 9.47 Å². The van der Waals surface area contributed by atoms with Crippen molar-refractivity contribution in [2.24, 2.45) is 11.8 Å². The van der Waals surface area contributed by atoms with Crippen molar-refractivity contribution in [2.45, 2.75) is 50.2 Å². The van der Waals surface area contributed by atoms with Crippen LogP contribution in [0, 0.1) is 11.8 Å². The lowest BCUT2D eigenvalue weighted by molar-refractivity contribution is -0.178. The summed E-state index contributed by atoms with van der Waals surface area (Å²) < 4.78 is 41.0. The Morgan fingerprint density at radius 2 is 1.73 bits per heavy atom. The van der Waals surface area contributed by atoms with Crippen LogP contribution >= 0.6 is 0 Å². The van der Waals surface area contributed by atoms with E-state index in [1.807, 2.05) is 13.8 Å². The molecule has 1 aliphatic rings. The van der Waals surface area contributed by atoms with Crippen molar-refractivity contribution in [3.05, 3.63) is 30.3 Å². The Kier molecular flexibility index (Phi) is 6.08. The number of benzene rings is 1. The molecule has 1 saturated carbocycles. The maximum atomic E-state index is 12.7. The Morgan fingerprint density at radius 1 is 1.12 bits per heavy atom. The maximum Gasteiger partial charge on any atom is 0.339 e. The van der Waals surface area contributed by atoms with E-state index in [9.17, 15) is 18.0 Å². The molecular weight excluding hydrogens is 360 g/mol. The van der Waals surface area contributed by atoms with Crippen molar-refractivity contribution in [3.63, 3.8) is 0 Å². The lowest BCUT2D eigenvalue weighted by Crippen LogP contribution is -2.54. The van der Waals surface area contributed by atoms with E-state index in [-0.39, 0.29) is 29.6 Å². The first-order chi connectivity index (χ1) is 12.1. The molecule has 0 N–H and O–H groups in total. The molecule has 1 aromatic rings. The fourth-order valence-electron chi connectivity index (χ4n) is 3.33. The fourth-order valence-corrected chi connectivity index (χ4v) is 4.54. The Morgan fingerprint density at radius 3 is 2.27 bits per heavy atom. The molecule has 2 rings (SSSR count). The maximum absolute atomic E-state index is 12.7. The average molecular weight is 384 g/mol. The monoisotopic (exact) mass is 384 g/mol. The van der Waals surface area contributed by atoms with E-state index < -0.39 is 33.8 Å². The van der Waals surface area contributed by atoms with Gasteiger partial charge in [-0.25, -0.2) is 8.98 Å². The van der Waals surface area contributed by atoms with Crippen LogP contribution in [-0.4, -0.2) is 39.2 Å². The molecule has 1 fully saturated rings. The van der Waals surface area contributed by atoms with E-state index >= 15 is 0 Å². The van der Waals surface area contributed by atoms with Crippen molar-refractivity contribution >= 4 is 22.1 Å². The molecule has 8 heteroatoms. The molecule has 26 heavy (non-hydrogen) atoms. The zero-order valence-corrected chi connectivity index (χ0v) is 16.1. The summed E-state index contributed by atoms with van der Waals surface area (Å²) >= 11 is 0. The van der Waals surface area contributed by atoms with Gasteiger partial charge in [0, 0.05) is 13.3 Å². The van der Waals surface area contributed by atoms with E-state index in [0.29, 0.717) is 0 Å². The van der Waals surface area contributed by atoms with Crippen molar-refractivity contribution in [3.8, 4) is 0 Å². The molecule has 144 valence electrons. The molecule has 0 unspecified atom stereocenters. The molecule has 0 heterocycles. The zero-order valence-electron chi connectivity index (χ0n) is 15.3. The summed E-state index contributed by atoms with van der Waals surface area (Å²) in [5, 5.41) is 0. The van der Waals surface area contributed by atoms with Crippen LogP contribution in [0.15, 0.2) is 35.2 Å². The second-order valence-corrected chi connectivity index (χ2v) is 8.28. The quantitative estimate of drug-likeness (QED) is 0.568. The largest absolute Gasteiger partial charge is 0.467 e. The summed E-state index contributed by atoms with van der Waals surface area (Å²) in [5.74, 6) is -1.48. The summed E-state index contributed by atoms with van der Waals surface area (Å²) in [7, 11) is -3.03. The molecule has 7 nitrogen and oxygen atoms in total. The molecule has 0 radical (unpaired) electrons. The highest BCUT2D eigenvalue weighted by molar-refractivity contribution is 7.86. The third-order valence-electron chi connectivity index (χ3n) is 4.84. The summed E-state index contributed by atoms with van der Waals surface area (Å²) in [5.41, 5.74) is -1.74. The van der Waals surface area contributed by atoms with Gasteiger partial charge in [0.05, 0.1) is 12.0 Å². The number of methoxy groups -OCH3 is 1. The third kappa shape index (κ3) is 4.24. The molecule has 0 spiro atoms. The van der Waals surface area contributed by atoms with E-state index in [0.717, 1.165) is 0 Å². The highest BCUT2D eigenvalue weighted by atomic mass is 32.2. The molecule has 0 amide bonds. The van der Waals surface area contributed by atoms with Crippen LogP contribution in [0.2, 0.25) is 0 Å². The van der Waals surface area contributed by atoms with E-state index in [1.54, 1.807) is 18.2 Å². The van der Waals surface area contributed by atoms with Crippen LogP contribution in [0.3, 0.4) is 0 Å². The number of hydrogen-bond donors (Lipinski definition) is 0.